The quantitative estimate of drug-likeness (QED) is 0.509. The largest absolute Gasteiger partial charge is 0.389 e. The smallest absolute Gasteiger partial charge is 0.358 e. The van der Waals surface area contributed by atoms with E-state index in [2.05, 4.69) is 34.5 Å². The zero-order chi connectivity index (χ0) is 18.2. The van der Waals surface area contributed by atoms with E-state index in [1.165, 1.54) is 28.3 Å². The van der Waals surface area contributed by atoms with Crippen LogP contribution in [0.5, 0.6) is 0 Å². The number of hydrogen-bond donors (Lipinski definition) is 1. The molecule has 9 nitrogen and oxygen atoms in total. The van der Waals surface area contributed by atoms with Gasteiger partial charge in [-0.05, 0) is 17.8 Å². The number of nitro groups is 1. The third kappa shape index (κ3) is 5.59. The van der Waals surface area contributed by atoms with Crippen molar-refractivity contribution < 1.29 is 9.72 Å². The van der Waals surface area contributed by atoms with E-state index in [9.17, 15) is 14.9 Å². The molecule has 0 spiro atoms. The van der Waals surface area contributed by atoms with Crippen LogP contribution in [-0.2, 0) is 11.3 Å². The highest BCUT2D eigenvalue weighted by Crippen LogP contribution is 2.29. The van der Waals surface area contributed by atoms with Crippen LogP contribution < -0.4 is 5.32 Å². The molecule has 25 heavy (non-hydrogen) atoms. The van der Waals surface area contributed by atoms with Crippen molar-refractivity contribution in [2.75, 3.05) is 5.32 Å². The third-order valence-corrected chi connectivity index (χ3v) is 4.82. The molecule has 0 aliphatic rings. The van der Waals surface area contributed by atoms with E-state index in [1.54, 1.807) is 0 Å². The summed E-state index contributed by atoms with van der Waals surface area (Å²) >= 11 is 1.41. The number of amides is 1. The Kier molecular flexibility index (Phi) is 6.99. The lowest BCUT2D eigenvalue weighted by atomic mass is 10.0. The van der Waals surface area contributed by atoms with Gasteiger partial charge in [-0.2, -0.15) is 4.68 Å². The highest BCUT2D eigenvalue weighted by Gasteiger charge is 2.16. The lowest BCUT2D eigenvalue weighted by molar-refractivity contribution is -0.389. The zero-order valence-corrected chi connectivity index (χ0v) is 15.2. The average Bonchev–Trinajstić information content (AvgIpc) is 3.23. The molecule has 0 fully saturated rings. The maximum absolute atomic E-state index is 12.0. The second-order valence-corrected chi connectivity index (χ2v) is 6.69. The van der Waals surface area contributed by atoms with Crippen molar-refractivity contribution in [1.29, 1.82) is 0 Å². The van der Waals surface area contributed by atoms with E-state index >= 15 is 0 Å². The van der Waals surface area contributed by atoms with Gasteiger partial charge in [-0.3, -0.25) is 4.79 Å². The fourth-order valence-corrected chi connectivity index (χ4v) is 3.35. The van der Waals surface area contributed by atoms with Gasteiger partial charge in [0, 0.05) is 12.3 Å². The summed E-state index contributed by atoms with van der Waals surface area (Å²) in [5, 5.41) is 26.8. The summed E-state index contributed by atoms with van der Waals surface area (Å²) in [5.74, 6) is -0.0676. The Bertz CT molecular complexity index is 714. The lowest BCUT2D eigenvalue weighted by Crippen LogP contribution is -2.14. The Balaban J connectivity index is 1.84. The molecule has 1 N–H and O–H groups in total. The number of carbonyl (C=O) groups is 1. The fourth-order valence-electron chi connectivity index (χ4n) is 2.37. The molecule has 0 radical (unpaired) electrons. The van der Waals surface area contributed by atoms with E-state index in [4.69, 9.17) is 0 Å². The van der Waals surface area contributed by atoms with E-state index < -0.39 is 4.92 Å². The molecule has 10 heteroatoms. The lowest BCUT2D eigenvalue weighted by Gasteiger charge is -2.09. The van der Waals surface area contributed by atoms with Crippen LogP contribution in [0.15, 0.2) is 12.3 Å². The number of anilines is 1. The standard InChI is InChI=1S/C15H22N6O3S/c1-3-5-6-11(4-2)14-17-18-15(25-14)16-13(22)8-10-20-9-7-12(19-20)21(23)24/h7,9,11H,3-6,8,10H2,1-2H3,(H,16,18,22). The number of aryl methyl sites for hydroxylation is 1. The van der Waals surface area contributed by atoms with E-state index in [0.29, 0.717) is 11.0 Å². The summed E-state index contributed by atoms with van der Waals surface area (Å²) in [6.07, 6.45) is 6.00. The first kappa shape index (κ1) is 19.0. The Labute approximate surface area is 149 Å². The van der Waals surface area contributed by atoms with Gasteiger partial charge < -0.3 is 15.4 Å². The number of carbonyl (C=O) groups excluding carboxylic acids is 1. The Hall–Kier alpha value is -2.36. The van der Waals surface area contributed by atoms with Crippen LogP contribution in [-0.4, -0.2) is 30.8 Å². The minimum atomic E-state index is -0.567. The van der Waals surface area contributed by atoms with Gasteiger partial charge in [-0.1, -0.05) is 38.0 Å². The van der Waals surface area contributed by atoms with Gasteiger partial charge >= 0.3 is 5.82 Å². The van der Waals surface area contributed by atoms with Gasteiger partial charge in [-0.15, -0.1) is 10.2 Å². The SMILES string of the molecule is CCCCC(CC)c1nnc(NC(=O)CCn2ccc([N+](=O)[O-])n2)s1. The molecule has 0 bridgehead atoms. The van der Waals surface area contributed by atoms with Crippen molar-refractivity contribution in [2.24, 2.45) is 0 Å². The number of hydrogen-bond acceptors (Lipinski definition) is 7. The predicted molar refractivity (Wildman–Crippen MR) is 94.6 cm³/mol. The van der Waals surface area contributed by atoms with Gasteiger partial charge in [0.15, 0.2) is 0 Å². The summed E-state index contributed by atoms with van der Waals surface area (Å²) in [6.45, 7) is 4.55. The first-order valence-corrected chi connectivity index (χ1v) is 9.16. The number of nitrogens with zero attached hydrogens (tertiary/aromatic N) is 5. The van der Waals surface area contributed by atoms with Crippen LogP contribution in [0.25, 0.3) is 0 Å². The Morgan fingerprint density at radius 3 is 2.88 bits per heavy atom. The van der Waals surface area contributed by atoms with Gasteiger partial charge in [-0.25, -0.2) is 0 Å². The van der Waals surface area contributed by atoms with Crippen molar-refractivity contribution >= 4 is 28.2 Å². The summed E-state index contributed by atoms with van der Waals surface area (Å²) in [7, 11) is 0. The van der Waals surface area contributed by atoms with Gasteiger partial charge in [0.25, 0.3) is 0 Å². The molecule has 136 valence electrons. The molecule has 2 heterocycles. The number of rotatable bonds is 10. The first-order valence-electron chi connectivity index (χ1n) is 8.34. The minimum Gasteiger partial charge on any atom is -0.358 e. The van der Waals surface area contributed by atoms with E-state index in [-0.39, 0.29) is 24.7 Å². The van der Waals surface area contributed by atoms with Crippen molar-refractivity contribution in [3.8, 4) is 0 Å². The van der Waals surface area contributed by atoms with Crippen molar-refractivity contribution in [1.82, 2.24) is 20.0 Å². The van der Waals surface area contributed by atoms with Crippen LogP contribution >= 0.6 is 11.3 Å². The monoisotopic (exact) mass is 366 g/mol. The second-order valence-electron chi connectivity index (χ2n) is 5.69. The Morgan fingerprint density at radius 2 is 2.24 bits per heavy atom. The summed E-state index contributed by atoms with van der Waals surface area (Å²) < 4.78 is 1.38. The molecule has 1 amide bonds. The second kappa shape index (κ2) is 9.21. The zero-order valence-electron chi connectivity index (χ0n) is 14.3. The topological polar surface area (TPSA) is 116 Å². The number of aromatic nitrogens is 4. The molecule has 0 aliphatic heterocycles. The maximum Gasteiger partial charge on any atom is 0.389 e. The highest BCUT2D eigenvalue weighted by atomic mass is 32.1. The summed E-state index contributed by atoms with van der Waals surface area (Å²) in [6, 6.07) is 1.30. The molecule has 1 unspecified atom stereocenters. The molecular formula is C15H22N6O3S. The van der Waals surface area contributed by atoms with Crippen molar-refractivity contribution in [3.05, 3.63) is 27.4 Å². The van der Waals surface area contributed by atoms with Crippen LogP contribution in [0.4, 0.5) is 10.9 Å². The molecule has 0 aliphatic carbocycles. The van der Waals surface area contributed by atoms with E-state index in [0.717, 1.165) is 30.7 Å². The normalized spacial score (nSPS) is 12.1. The van der Waals surface area contributed by atoms with Gasteiger partial charge in [0.2, 0.25) is 11.0 Å². The van der Waals surface area contributed by atoms with Crippen LogP contribution in [0.3, 0.4) is 0 Å². The molecule has 2 aromatic heterocycles. The molecule has 0 saturated carbocycles. The predicted octanol–water partition coefficient (Wildman–Crippen LogP) is 3.36. The van der Waals surface area contributed by atoms with E-state index in [1.807, 2.05) is 0 Å². The minimum absolute atomic E-state index is 0.154. The molecule has 1 atom stereocenters. The average molecular weight is 366 g/mol. The van der Waals surface area contributed by atoms with Crippen LogP contribution in [0, 0.1) is 10.1 Å². The number of nitrogens with one attached hydrogen (secondary N) is 1. The third-order valence-electron chi connectivity index (χ3n) is 3.82. The van der Waals surface area contributed by atoms with Crippen molar-refractivity contribution in [2.45, 2.75) is 58.4 Å². The van der Waals surface area contributed by atoms with Crippen LogP contribution in [0.2, 0.25) is 0 Å². The molecule has 0 saturated heterocycles. The fraction of sp³-hybridized carbons (Fsp3) is 0.600. The van der Waals surface area contributed by atoms with Crippen LogP contribution in [0.1, 0.15) is 56.9 Å². The molecule has 2 rings (SSSR count). The molecule has 2 aromatic rings. The maximum atomic E-state index is 12.0. The molecule has 0 aromatic carbocycles. The van der Waals surface area contributed by atoms with Gasteiger partial charge in [0.1, 0.15) is 5.01 Å². The van der Waals surface area contributed by atoms with Gasteiger partial charge in [0.05, 0.1) is 23.9 Å². The van der Waals surface area contributed by atoms with Crippen molar-refractivity contribution in [3.63, 3.8) is 0 Å². The summed E-state index contributed by atoms with van der Waals surface area (Å²) in [5.41, 5.74) is 0. The highest BCUT2D eigenvalue weighted by molar-refractivity contribution is 7.15. The first-order chi connectivity index (χ1) is 12.0. The Morgan fingerprint density at radius 1 is 1.44 bits per heavy atom. The number of unbranched alkanes of at least 4 members (excludes halogenated alkanes) is 1. The summed E-state index contributed by atoms with van der Waals surface area (Å²) in [4.78, 5) is 22.0. The molecular weight excluding hydrogens is 344 g/mol.